The van der Waals surface area contributed by atoms with Crippen LogP contribution in [0.4, 0.5) is 17.1 Å². The van der Waals surface area contributed by atoms with Gasteiger partial charge in [0.2, 0.25) is 9.84 Å². The van der Waals surface area contributed by atoms with Gasteiger partial charge >= 0.3 is 0 Å². The summed E-state index contributed by atoms with van der Waals surface area (Å²) in [6.45, 7) is 4.78. The van der Waals surface area contributed by atoms with Gasteiger partial charge in [-0.1, -0.05) is 123 Å². The lowest BCUT2D eigenvalue weighted by atomic mass is 9.46. The maximum atomic E-state index is 15.0. The maximum absolute atomic E-state index is 15.0. The molecule has 2 saturated carbocycles. The number of rotatable bonds is 4. The first-order valence-electron chi connectivity index (χ1n) is 20.1. The summed E-state index contributed by atoms with van der Waals surface area (Å²) in [6.07, 6.45) is 4.46. The summed E-state index contributed by atoms with van der Waals surface area (Å²) in [6, 6.07) is 52.2. The number of hydrogen-bond donors (Lipinski definition) is 0. The van der Waals surface area contributed by atoms with E-state index in [1.54, 1.807) is 0 Å². The van der Waals surface area contributed by atoms with E-state index in [9.17, 15) is 0 Å². The van der Waals surface area contributed by atoms with E-state index in [1.807, 2.05) is 42.5 Å². The minimum atomic E-state index is -3.83. The van der Waals surface area contributed by atoms with Crippen molar-refractivity contribution in [3.8, 4) is 11.1 Å². The lowest BCUT2D eigenvalue weighted by Crippen LogP contribution is -2.54. The number of para-hydroxylation sites is 2. The molecule has 1 aromatic heterocycles. The molecule has 0 N–H and O–H groups in total. The number of furan rings is 1. The van der Waals surface area contributed by atoms with Crippen LogP contribution in [0.5, 0.6) is 0 Å². The molecule has 3 aliphatic rings. The summed E-state index contributed by atoms with van der Waals surface area (Å²) >= 11 is 0. The standard InChI is InChI=1S/C51H43NO3S/c1-32-26-36-28-33(2)29-37(27-32)51(36)44-20-6-8-23-48(44)56(53,54)49-31-39(24-25-45(49)51)52(46-21-10-13-34-12-3-4-16-40(34)46)38-15-9-14-35(30-38)41-18-11-19-43-42-17-5-7-22-47(42)55-50(41)43/h3-25,30-33,36-37H,26-29H2,1-2H3/t32-,33+,36+,37-,51?. The zero-order chi connectivity index (χ0) is 37.8. The number of benzene rings is 7. The highest BCUT2D eigenvalue weighted by Gasteiger charge is 2.59. The zero-order valence-corrected chi connectivity index (χ0v) is 32.5. The molecule has 0 unspecified atom stereocenters. The Hall–Kier alpha value is -5.65. The molecule has 2 heterocycles. The van der Waals surface area contributed by atoms with Gasteiger partial charge in [-0.05, 0) is 114 Å². The predicted octanol–water partition coefficient (Wildman–Crippen LogP) is 13.4. The molecule has 2 bridgehead atoms. The Morgan fingerprint density at radius 2 is 1.20 bits per heavy atom. The van der Waals surface area contributed by atoms with E-state index >= 15 is 8.42 Å². The molecule has 0 amide bonds. The Labute approximate surface area is 328 Å². The lowest BCUT2D eigenvalue weighted by Gasteiger charge is -2.59. The highest BCUT2D eigenvalue weighted by molar-refractivity contribution is 7.91. The van der Waals surface area contributed by atoms with Crippen molar-refractivity contribution >= 4 is 59.6 Å². The first kappa shape index (κ1) is 33.7. The fraction of sp³-hybridized carbons (Fsp3) is 0.216. The molecule has 0 atom stereocenters. The van der Waals surface area contributed by atoms with Gasteiger partial charge in [0, 0.05) is 38.5 Å². The van der Waals surface area contributed by atoms with Gasteiger partial charge in [-0.25, -0.2) is 8.42 Å². The van der Waals surface area contributed by atoms with Gasteiger partial charge in [0.15, 0.2) is 0 Å². The molecule has 2 aliphatic carbocycles. The Morgan fingerprint density at radius 1 is 0.571 bits per heavy atom. The summed E-state index contributed by atoms with van der Waals surface area (Å²) in [5, 5.41) is 4.39. The van der Waals surface area contributed by atoms with Gasteiger partial charge in [-0.15, -0.1) is 0 Å². The van der Waals surface area contributed by atoms with Gasteiger partial charge in [0.25, 0.3) is 0 Å². The molecule has 2 fully saturated rings. The second-order valence-electron chi connectivity index (χ2n) is 16.8. The van der Waals surface area contributed by atoms with Crippen molar-refractivity contribution in [2.75, 3.05) is 4.90 Å². The van der Waals surface area contributed by atoms with Crippen LogP contribution < -0.4 is 4.90 Å². The van der Waals surface area contributed by atoms with Crippen molar-refractivity contribution in [3.05, 3.63) is 163 Å². The molecule has 56 heavy (non-hydrogen) atoms. The fourth-order valence-corrected chi connectivity index (χ4v) is 13.2. The Morgan fingerprint density at radius 3 is 2.02 bits per heavy atom. The van der Waals surface area contributed by atoms with Crippen molar-refractivity contribution in [1.82, 2.24) is 0 Å². The van der Waals surface area contributed by atoms with E-state index in [4.69, 9.17) is 4.42 Å². The van der Waals surface area contributed by atoms with Crippen molar-refractivity contribution < 1.29 is 12.8 Å². The van der Waals surface area contributed by atoms with E-state index < -0.39 is 9.84 Å². The summed E-state index contributed by atoms with van der Waals surface area (Å²) in [5.74, 6) is 2.01. The first-order chi connectivity index (χ1) is 27.3. The second kappa shape index (κ2) is 12.4. The van der Waals surface area contributed by atoms with Crippen LogP contribution in [0.1, 0.15) is 50.7 Å². The quantitative estimate of drug-likeness (QED) is 0.180. The molecule has 0 radical (unpaired) electrons. The van der Waals surface area contributed by atoms with Crippen LogP contribution in [0.15, 0.2) is 166 Å². The highest BCUT2D eigenvalue weighted by Crippen LogP contribution is 2.64. The Bertz CT molecular complexity index is 2940. The summed E-state index contributed by atoms with van der Waals surface area (Å²) < 4.78 is 36.6. The van der Waals surface area contributed by atoms with Crippen LogP contribution in [0.25, 0.3) is 43.8 Å². The number of sulfone groups is 1. The molecule has 8 aromatic rings. The molecule has 1 aliphatic heterocycles. The topological polar surface area (TPSA) is 50.5 Å². The number of hydrogen-bond acceptors (Lipinski definition) is 4. The third-order valence-electron chi connectivity index (χ3n) is 13.4. The monoisotopic (exact) mass is 749 g/mol. The van der Waals surface area contributed by atoms with E-state index in [0.717, 1.165) is 97.7 Å². The molecular weight excluding hydrogens is 707 g/mol. The lowest BCUT2D eigenvalue weighted by molar-refractivity contribution is 0.0231. The van der Waals surface area contributed by atoms with Crippen molar-refractivity contribution in [3.63, 3.8) is 0 Å². The molecule has 4 nitrogen and oxygen atoms in total. The molecular formula is C51H43NO3S. The highest BCUT2D eigenvalue weighted by atomic mass is 32.2. The number of anilines is 3. The molecule has 276 valence electrons. The van der Waals surface area contributed by atoms with Crippen LogP contribution in [0.3, 0.4) is 0 Å². The van der Waals surface area contributed by atoms with Crippen molar-refractivity contribution in [1.29, 1.82) is 0 Å². The Balaban J connectivity index is 1.15. The van der Waals surface area contributed by atoms with Gasteiger partial charge in [-0.2, -0.15) is 0 Å². The van der Waals surface area contributed by atoms with Gasteiger partial charge in [0.05, 0.1) is 15.5 Å². The number of nitrogens with zero attached hydrogens (tertiary/aromatic N) is 1. The fourth-order valence-electron chi connectivity index (χ4n) is 11.4. The normalized spacial score (nSPS) is 23.6. The summed E-state index contributed by atoms with van der Waals surface area (Å²) in [7, 11) is -3.83. The average Bonchev–Trinajstić information content (AvgIpc) is 3.60. The predicted molar refractivity (Wildman–Crippen MR) is 228 cm³/mol. The van der Waals surface area contributed by atoms with E-state index in [0.29, 0.717) is 33.5 Å². The van der Waals surface area contributed by atoms with Crippen LogP contribution in [0, 0.1) is 23.7 Å². The van der Waals surface area contributed by atoms with Gasteiger partial charge in [-0.3, -0.25) is 0 Å². The largest absolute Gasteiger partial charge is 0.455 e. The van der Waals surface area contributed by atoms with Crippen LogP contribution in [-0.2, 0) is 15.3 Å². The number of fused-ring (bicyclic) bond motifs is 6. The van der Waals surface area contributed by atoms with Gasteiger partial charge < -0.3 is 9.32 Å². The smallest absolute Gasteiger partial charge is 0.207 e. The SMILES string of the molecule is C[C@H]1C[C@@H]2C[C@@H](C)C[C@H](C1)C21c2ccccc2S(=O)(=O)c2cc(N(c3cccc(-c4cccc5c4oc4ccccc45)c3)c3cccc4ccccc34)ccc21. The van der Waals surface area contributed by atoms with Crippen molar-refractivity contribution in [2.45, 2.75) is 54.7 Å². The average molecular weight is 750 g/mol. The van der Waals surface area contributed by atoms with E-state index in [1.165, 1.54) is 0 Å². The Kier molecular flexibility index (Phi) is 7.47. The van der Waals surface area contributed by atoms with E-state index in [-0.39, 0.29) is 5.41 Å². The van der Waals surface area contributed by atoms with Crippen LogP contribution >= 0.6 is 0 Å². The summed E-state index contributed by atoms with van der Waals surface area (Å²) in [5.41, 5.74) is 8.19. The third kappa shape index (κ3) is 4.80. The zero-order valence-electron chi connectivity index (χ0n) is 31.7. The second-order valence-corrected chi connectivity index (χ2v) is 18.6. The minimum absolute atomic E-state index is 0.329. The minimum Gasteiger partial charge on any atom is -0.455 e. The molecule has 7 aromatic carbocycles. The van der Waals surface area contributed by atoms with Gasteiger partial charge in [0.1, 0.15) is 11.2 Å². The molecule has 0 saturated heterocycles. The molecule has 1 spiro atoms. The van der Waals surface area contributed by atoms with E-state index in [2.05, 4.69) is 128 Å². The molecule has 5 heteroatoms. The third-order valence-corrected chi connectivity index (χ3v) is 15.3. The van der Waals surface area contributed by atoms with Crippen LogP contribution in [0.2, 0.25) is 0 Å². The molecule has 11 rings (SSSR count). The first-order valence-corrected chi connectivity index (χ1v) is 21.6. The van der Waals surface area contributed by atoms with Crippen molar-refractivity contribution in [2.24, 2.45) is 23.7 Å². The maximum Gasteiger partial charge on any atom is 0.207 e. The van der Waals surface area contributed by atoms with Crippen LogP contribution in [-0.4, -0.2) is 8.42 Å². The summed E-state index contributed by atoms with van der Waals surface area (Å²) in [4.78, 5) is 3.20.